The maximum absolute atomic E-state index is 10.7. The van der Waals surface area contributed by atoms with Crippen molar-refractivity contribution < 1.29 is 23.4 Å². The molecule has 0 fully saturated rings. The van der Waals surface area contributed by atoms with Gasteiger partial charge in [-0.2, -0.15) is 0 Å². The summed E-state index contributed by atoms with van der Waals surface area (Å²) in [5, 5.41) is 0.221. The number of ether oxygens (including phenoxy) is 3. The third-order valence-corrected chi connectivity index (χ3v) is 8.05. The average molecular weight is 318 g/mol. The van der Waals surface area contributed by atoms with E-state index < -0.39 is 14.3 Å². The number of carbonyl (C=O) groups excluding carboxylic acids is 1. The van der Waals surface area contributed by atoms with Gasteiger partial charge in [0.05, 0.1) is 33.0 Å². The van der Waals surface area contributed by atoms with E-state index in [0.717, 1.165) is 6.08 Å². The lowest BCUT2D eigenvalue weighted by molar-refractivity contribution is -0.139. The molecule has 0 aromatic rings. The van der Waals surface area contributed by atoms with Crippen molar-refractivity contribution in [3.63, 3.8) is 0 Å². The summed E-state index contributed by atoms with van der Waals surface area (Å²) in [5.41, 5.74) is 0. The monoisotopic (exact) mass is 318 g/mol. The Balaban J connectivity index is 3.41. The number of rotatable bonds is 11. The van der Waals surface area contributed by atoms with E-state index >= 15 is 0 Å². The Morgan fingerprint density at radius 3 is 1.95 bits per heavy atom. The van der Waals surface area contributed by atoms with Crippen LogP contribution < -0.4 is 0 Å². The van der Waals surface area contributed by atoms with Crippen LogP contribution in [0.5, 0.6) is 0 Å². The highest BCUT2D eigenvalue weighted by Gasteiger charge is 2.36. The molecule has 0 aromatic heterocycles. The minimum Gasteiger partial charge on any atom is -0.460 e. The van der Waals surface area contributed by atoms with Gasteiger partial charge in [-0.05, 0) is 18.1 Å². The zero-order chi connectivity index (χ0) is 16.4. The van der Waals surface area contributed by atoms with Gasteiger partial charge in [-0.15, -0.1) is 0 Å². The van der Waals surface area contributed by atoms with Crippen molar-refractivity contribution in [2.75, 3.05) is 39.6 Å². The van der Waals surface area contributed by atoms with Gasteiger partial charge >= 0.3 is 5.97 Å². The molecule has 0 aliphatic heterocycles. The zero-order valence-corrected chi connectivity index (χ0v) is 15.1. The molecule has 0 heterocycles. The van der Waals surface area contributed by atoms with Gasteiger partial charge in [0, 0.05) is 6.08 Å². The van der Waals surface area contributed by atoms with Crippen molar-refractivity contribution in [2.24, 2.45) is 0 Å². The van der Waals surface area contributed by atoms with E-state index in [0.29, 0.717) is 33.0 Å². The fraction of sp³-hybridized carbons (Fsp3) is 0.800. The van der Waals surface area contributed by atoms with Gasteiger partial charge in [0.15, 0.2) is 8.32 Å². The van der Waals surface area contributed by atoms with Crippen molar-refractivity contribution in [1.29, 1.82) is 0 Å². The van der Waals surface area contributed by atoms with Crippen molar-refractivity contribution in [3.05, 3.63) is 12.7 Å². The highest BCUT2D eigenvalue weighted by molar-refractivity contribution is 6.74. The molecule has 0 aromatic carbocycles. The zero-order valence-electron chi connectivity index (χ0n) is 14.1. The van der Waals surface area contributed by atoms with Gasteiger partial charge in [-0.1, -0.05) is 27.4 Å². The maximum atomic E-state index is 10.7. The number of esters is 1. The molecule has 6 heteroatoms. The Morgan fingerprint density at radius 1 is 1.00 bits per heavy atom. The first-order chi connectivity index (χ1) is 9.70. The van der Waals surface area contributed by atoms with Crippen LogP contribution >= 0.6 is 0 Å². The molecule has 5 nitrogen and oxygen atoms in total. The van der Waals surface area contributed by atoms with Crippen LogP contribution in [-0.4, -0.2) is 53.9 Å². The highest BCUT2D eigenvalue weighted by Crippen LogP contribution is 2.36. The molecule has 124 valence electrons. The van der Waals surface area contributed by atoms with Crippen molar-refractivity contribution in [2.45, 2.75) is 38.9 Å². The van der Waals surface area contributed by atoms with Crippen LogP contribution in [0, 0.1) is 0 Å². The summed E-state index contributed by atoms with van der Waals surface area (Å²) >= 11 is 0. The van der Waals surface area contributed by atoms with Crippen molar-refractivity contribution in [3.8, 4) is 0 Å². The molecule has 0 rings (SSSR count). The summed E-state index contributed by atoms with van der Waals surface area (Å²) in [7, 11) is -1.67. The average Bonchev–Trinajstić information content (AvgIpc) is 2.39. The summed E-state index contributed by atoms with van der Waals surface area (Å²) in [6, 6.07) is 0. The first kappa shape index (κ1) is 20.3. The van der Waals surface area contributed by atoms with Gasteiger partial charge in [-0.3, -0.25) is 0 Å². The summed E-state index contributed by atoms with van der Waals surface area (Å²) in [4.78, 5) is 10.7. The topological polar surface area (TPSA) is 54.0 Å². The van der Waals surface area contributed by atoms with E-state index in [2.05, 4.69) is 40.4 Å². The second-order valence-corrected chi connectivity index (χ2v) is 11.0. The van der Waals surface area contributed by atoms with E-state index in [1.165, 1.54) is 0 Å². The molecular weight excluding hydrogens is 288 g/mol. The van der Waals surface area contributed by atoms with E-state index in [1.54, 1.807) is 0 Å². The van der Waals surface area contributed by atoms with Gasteiger partial charge < -0.3 is 18.6 Å². The third kappa shape index (κ3) is 9.79. The SMILES string of the molecule is C=CC(=O)OCCOCCOCCO[Si](C)(C)C(C)(C)C. The molecule has 0 saturated heterocycles. The Labute approximate surface area is 129 Å². The molecule has 0 radical (unpaired) electrons. The van der Waals surface area contributed by atoms with E-state index in [4.69, 9.17) is 18.6 Å². The smallest absolute Gasteiger partial charge is 0.330 e. The lowest BCUT2D eigenvalue weighted by Crippen LogP contribution is -2.41. The molecule has 0 atom stereocenters. The van der Waals surface area contributed by atoms with Gasteiger partial charge in [0.1, 0.15) is 6.61 Å². The Bertz CT molecular complexity index is 310. The van der Waals surface area contributed by atoms with Gasteiger partial charge in [-0.25, -0.2) is 4.79 Å². The Morgan fingerprint density at radius 2 is 1.48 bits per heavy atom. The molecular formula is C15H30O5Si. The molecule has 0 aliphatic carbocycles. The molecule has 0 saturated carbocycles. The molecule has 0 bridgehead atoms. The first-order valence-electron chi connectivity index (χ1n) is 7.29. The van der Waals surface area contributed by atoms with E-state index in [1.807, 2.05) is 0 Å². The van der Waals surface area contributed by atoms with E-state index in [9.17, 15) is 4.79 Å². The summed E-state index contributed by atoms with van der Waals surface area (Å²) < 4.78 is 21.5. The second kappa shape index (κ2) is 10.1. The highest BCUT2D eigenvalue weighted by atomic mass is 28.4. The standard InChI is InChI=1S/C15H30O5Si/c1-7-14(16)19-12-10-17-8-9-18-11-13-20-21(5,6)15(2,3)4/h7H,1,8-13H2,2-6H3. The maximum Gasteiger partial charge on any atom is 0.330 e. The Hall–Kier alpha value is -0.693. The summed E-state index contributed by atoms with van der Waals surface area (Å²) in [6.45, 7) is 17.2. The van der Waals surface area contributed by atoms with Crippen LogP contribution in [0.25, 0.3) is 0 Å². The Kier molecular flexibility index (Phi) is 9.77. The van der Waals surface area contributed by atoms with Crippen LogP contribution in [-0.2, 0) is 23.4 Å². The van der Waals surface area contributed by atoms with Crippen LogP contribution in [0.2, 0.25) is 18.1 Å². The van der Waals surface area contributed by atoms with Gasteiger partial charge in [0.2, 0.25) is 0 Å². The fourth-order valence-corrected chi connectivity index (χ4v) is 2.18. The molecule has 0 aliphatic rings. The lowest BCUT2D eigenvalue weighted by Gasteiger charge is -2.36. The quantitative estimate of drug-likeness (QED) is 0.254. The van der Waals surface area contributed by atoms with Crippen LogP contribution in [0.3, 0.4) is 0 Å². The molecule has 0 spiro atoms. The second-order valence-electron chi connectivity index (χ2n) is 6.21. The lowest BCUT2D eigenvalue weighted by atomic mass is 10.2. The van der Waals surface area contributed by atoms with Crippen molar-refractivity contribution >= 4 is 14.3 Å². The summed E-state index contributed by atoms with van der Waals surface area (Å²) in [6.07, 6.45) is 1.13. The number of hydrogen-bond donors (Lipinski definition) is 0. The first-order valence-corrected chi connectivity index (χ1v) is 10.2. The van der Waals surface area contributed by atoms with Crippen LogP contribution in [0.1, 0.15) is 20.8 Å². The number of carbonyl (C=O) groups is 1. The molecule has 0 N–H and O–H groups in total. The summed E-state index contributed by atoms with van der Waals surface area (Å²) in [5.74, 6) is -0.433. The largest absolute Gasteiger partial charge is 0.460 e. The molecule has 0 unspecified atom stereocenters. The number of hydrogen-bond acceptors (Lipinski definition) is 5. The van der Waals surface area contributed by atoms with Gasteiger partial charge in [0.25, 0.3) is 0 Å². The van der Waals surface area contributed by atoms with Crippen LogP contribution in [0.4, 0.5) is 0 Å². The predicted octanol–water partition coefficient (Wildman–Crippen LogP) is 2.77. The van der Waals surface area contributed by atoms with E-state index in [-0.39, 0.29) is 11.6 Å². The third-order valence-electron chi connectivity index (χ3n) is 3.51. The minimum absolute atomic E-state index is 0.221. The normalized spacial score (nSPS) is 12.2. The predicted molar refractivity (Wildman–Crippen MR) is 85.9 cm³/mol. The molecule has 21 heavy (non-hydrogen) atoms. The fourth-order valence-electron chi connectivity index (χ4n) is 1.15. The molecule has 0 amide bonds. The minimum atomic E-state index is -1.67. The van der Waals surface area contributed by atoms with Crippen LogP contribution in [0.15, 0.2) is 12.7 Å². The van der Waals surface area contributed by atoms with Crippen molar-refractivity contribution in [1.82, 2.24) is 0 Å².